The third-order valence-electron chi connectivity index (χ3n) is 15.8. The molecule has 20 heteroatoms. The van der Waals surface area contributed by atoms with Crippen LogP contribution in [0, 0.1) is 71.0 Å². The second-order valence-electron chi connectivity index (χ2n) is 18.4. The van der Waals surface area contributed by atoms with E-state index in [1.54, 1.807) is 0 Å². The van der Waals surface area contributed by atoms with Gasteiger partial charge in [0.1, 0.15) is 0 Å². The zero-order valence-corrected chi connectivity index (χ0v) is 30.6. The second kappa shape index (κ2) is 14.2. The number of nitrogens with one attached hydrogen (secondary N) is 8. The van der Waals surface area contributed by atoms with Gasteiger partial charge in [0.15, 0.2) is 0 Å². The van der Waals surface area contributed by atoms with Gasteiger partial charge in [-0.25, -0.2) is 0 Å². The Hall–Kier alpha value is -1.16. The van der Waals surface area contributed by atoms with Crippen LogP contribution in [0.4, 0.5) is 52.7 Å². The minimum atomic E-state index is -6.25. The molecule has 0 aromatic rings. The molecule has 9 fully saturated rings. The first-order chi connectivity index (χ1) is 26.3. The summed E-state index contributed by atoms with van der Waals surface area (Å²) in [6.45, 7) is 0. The second-order valence-corrected chi connectivity index (χ2v) is 18.4. The third-order valence-corrected chi connectivity index (χ3v) is 15.8. The van der Waals surface area contributed by atoms with E-state index in [-0.39, 0.29) is 60.2 Å². The van der Waals surface area contributed by atoms with E-state index in [9.17, 15) is 26.3 Å². The normalized spacial score (nSPS) is 51.2. The summed E-state index contributed by atoms with van der Waals surface area (Å²) in [4.78, 5) is 0. The molecule has 8 N–H and O–H groups in total. The van der Waals surface area contributed by atoms with E-state index in [4.69, 9.17) is 0 Å². The van der Waals surface area contributed by atoms with E-state index in [1.807, 2.05) is 0 Å². The average molecular weight is 825 g/mol. The summed E-state index contributed by atoms with van der Waals surface area (Å²) in [5.74, 6) is -21.4. The fourth-order valence-corrected chi connectivity index (χ4v) is 13.8. The highest BCUT2D eigenvalue weighted by atomic mass is 19.4. The molecule has 9 aliphatic rings. The van der Waals surface area contributed by atoms with E-state index in [1.165, 1.54) is 0 Å². The van der Waals surface area contributed by atoms with Gasteiger partial charge < -0.3 is 0 Å². The lowest BCUT2D eigenvalue weighted by molar-refractivity contribution is -0.367. The van der Waals surface area contributed by atoms with Gasteiger partial charge in [-0.3, -0.25) is 42.5 Å². The molecule has 4 saturated carbocycles. The van der Waals surface area contributed by atoms with Gasteiger partial charge in [0.25, 0.3) is 0 Å². The van der Waals surface area contributed by atoms with Gasteiger partial charge in [-0.05, 0) is 74.0 Å². The summed E-state index contributed by atoms with van der Waals surface area (Å²) < 4.78 is 181. The monoisotopic (exact) mass is 824 g/mol. The van der Waals surface area contributed by atoms with Gasteiger partial charge in [0, 0.05) is 11.8 Å². The van der Waals surface area contributed by atoms with Crippen molar-refractivity contribution in [1.82, 2.24) is 42.5 Å². The van der Waals surface area contributed by atoms with Crippen LogP contribution in [0.1, 0.15) is 77.0 Å². The summed E-state index contributed by atoms with van der Waals surface area (Å²) in [5.41, 5.74) is 0. The molecular weight excluding hydrogens is 772 g/mol. The molecule has 320 valence electrons. The zero-order chi connectivity index (χ0) is 39.7. The highest BCUT2D eigenvalue weighted by molar-refractivity contribution is 5.15. The molecule has 56 heavy (non-hydrogen) atoms. The van der Waals surface area contributed by atoms with Gasteiger partial charge >= 0.3 is 24.7 Å². The molecule has 0 radical (unpaired) electrons. The van der Waals surface area contributed by atoms with Crippen LogP contribution in [0.3, 0.4) is 0 Å². The average Bonchev–Trinajstić information content (AvgIpc) is 3.84. The predicted octanol–water partition coefficient (Wildman–Crippen LogP) is 5.76. The van der Waals surface area contributed by atoms with Crippen LogP contribution < -0.4 is 42.5 Å². The van der Waals surface area contributed by atoms with Gasteiger partial charge in [-0.1, -0.05) is 38.5 Å². The van der Waals surface area contributed by atoms with Crippen molar-refractivity contribution in [3.63, 3.8) is 0 Å². The van der Waals surface area contributed by atoms with Gasteiger partial charge in [-0.2, -0.15) is 52.7 Å². The smallest absolute Gasteiger partial charge is 0.286 e. The number of hydrogen-bond donors (Lipinski definition) is 8. The van der Waals surface area contributed by atoms with E-state index in [2.05, 4.69) is 42.5 Å². The summed E-state index contributed by atoms with van der Waals surface area (Å²) in [5, 5.41) is 27.1. The lowest BCUT2D eigenvalue weighted by Crippen LogP contribution is -2.66. The first-order valence-electron chi connectivity index (χ1n) is 20.7. The van der Waals surface area contributed by atoms with Crippen molar-refractivity contribution in [2.24, 2.45) is 71.0 Å². The van der Waals surface area contributed by atoms with E-state index in [0.717, 1.165) is 64.2 Å². The lowest BCUT2D eigenvalue weighted by atomic mass is 9.55. The molecule has 8 nitrogen and oxygen atoms in total. The van der Waals surface area contributed by atoms with Crippen molar-refractivity contribution in [3.8, 4) is 0 Å². The molecule has 5 saturated heterocycles. The quantitative estimate of drug-likeness (QED) is 0.147. The molecule has 20 atom stereocenters. The van der Waals surface area contributed by atoms with Crippen molar-refractivity contribution in [2.45, 2.75) is 151 Å². The number of alkyl halides is 12. The molecule has 8 bridgehead atoms. The number of halogens is 12. The molecule has 20 unspecified atom stereocenters. The Balaban J connectivity index is 1.17. The van der Waals surface area contributed by atoms with Crippen LogP contribution in [0.15, 0.2) is 0 Å². The molecule has 5 heterocycles. The zero-order valence-electron chi connectivity index (χ0n) is 30.6. The molecule has 0 spiro atoms. The Labute approximate surface area is 317 Å². The topological polar surface area (TPSA) is 96.2 Å². The Kier molecular flexibility index (Phi) is 10.2. The molecule has 0 aromatic heterocycles. The SMILES string of the molecule is FC(F)(F)C1C2C3NC4NC(NC5NC(NC6NC(NC(N3)C2C(C(F)(F)F)C(C(F)(F)F)C1C(F)(F)F)C1CCCCC61)C1CCCCC51)C1CCCCC41. The highest BCUT2D eigenvalue weighted by Gasteiger charge is 2.78. The number of fused-ring (bicyclic) bond motifs is 20. The first kappa shape index (κ1) is 40.3. The van der Waals surface area contributed by atoms with Gasteiger partial charge in [0.05, 0.1) is 73.0 Å². The predicted molar refractivity (Wildman–Crippen MR) is 177 cm³/mol. The highest BCUT2D eigenvalue weighted by Crippen LogP contribution is 2.65. The fourth-order valence-electron chi connectivity index (χ4n) is 13.8. The van der Waals surface area contributed by atoms with Crippen LogP contribution in [-0.2, 0) is 0 Å². The van der Waals surface area contributed by atoms with Crippen LogP contribution in [0.25, 0.3) is 0 Å². The molecule has 9 rings (SSSR count). The van der Waals surface area contributed by atoms with Crippen molar-refractivity contribution in [2.75, 3.05) is 0 Å². The van der Waals surface area contributed by atoms with Crippen molar-refractivity contribution < 1.29 is 52.7 Å². The van der Waals surface area contributed by atoms with Gasteiger partial charge in [-0.15, -0.1) is 0 Å². The Morgan fingerprint density at radius 2 is 0.429 bits per heavy atom. The van der Waals surface area contributed by atoms with Crippen LogP contribution in [0.5, 0.6) is 0 Å². The summed E-state index contributed by atoms with van der Waals surface area (Å²) in [6.07, 6.45) is -20.6. The minimum absolute atomic E-state index is 0.0511. The van der Waals surface area contributed by atoms with E-state index < -0.39 is 84.9 Å². The number of rotatable bonds is 0. The Morgan fingerprint density at radius 1 is 0.250 bits per heavy atom. The maximum atomic E-state index is 15.3. The van der Waals surface area contributed by atoms with Crippen LogP contribution >= 0.6 is 0 Å². The van der Waals surface area contributed by atoms with Gasteiger partial charge in [0.2, 0.25) is 0 Å². The first-order valence-corrected chi connectivity index (χ1v) is 20.7. The number of hydrogen-bond acceptors (Lipinski definition) is 8. The standard InChI is InChI=1S/C36H52F12N8/c37-33(38,39)21-19-20(22(34(40,41)42)24(36(46,47)48)23(21)35(43,44)45)32-55-30-18-12-6-4-10-16(18)28(53-30)51-26-14-8-2-1-7-13(14)25(49-26)50-27-15-9-3-5-11-17(15)29(52-27)54-31(19)56-32/h13-32,49-56H,1-12H2. The largest absolute Gasteiger partial charge is 0.393 e. The molecule has 5 aliphatic heterocycles. The Bertz CT molecular complexity index is 1330. The van der Waals surface area contributed by atoms with Crippen LogP contribution in [-0.4, -0.2) is 74.0 Å². The lowest BCUT2D eigenvalue weighted by Gasteiger charge is -2.52. The van der Waals surface area contributed by atoms with Crippen molar-refractivity contribution in [3.05, 3.63) is 0 Å². The third kappa shape index (κ3) is 6.86. The minimum Gasteiger partial charge on any atom is -0.286 e. The fraction of sp³-hybridized carbons (Fsp3) is 1.00. The molecule has 0 amide bonds. The summed E-state index contributed by atoms with van der Waals surface area (Å²) in [6, 6.07) is 0. The molecule has 4 aliphatic carbocycles. The van der Waals surface area contributed by atoms with Crippen molar-refractivity contribution in [1.29, 1.82) is 0 Å². The summed E-state index contributed by atoms with van der Waals surface area (Å²) in [7, 11) is 0. The Morgan fingerprint density at radius 3 is 0.625 bits per heavy atom. The maximum Gasteiger partial charge on any atom is 0.393 e. The van der Waals surface area contributed by atoms with E-state index in [0.29, 0.717) is 12.8 Å². The maximum absolute atomic E-state index is 15.3. The molecule has 0 aromatic carbocycles. The van der Waals surface area contributed by atoms with E-state index >= 15 is 26.3 Å². The summed E-state index contributed by atoms with van der Waals surface area (Å²) >= 11 is 0. The van der Waals surface area contributed by atoms with Crippen molar-refractivity contribution >= 4 is 0 Å². The molecular formula is C36H52F12N8. The van der Waals surface area contributed by atoms with Crippen LogP contribution in [0.2, 0.25) is 0 Å².